The monoisotopic (exact) mass is 369 g/mol. The standard InChI is InChI=1S/C22H27NO4/c1-5-18-7-9-19(10-8-18)17(4)23-21(24)13-27-22(25)14-26-20-11-6-15(2)16(3)12-20/h6-12,17H,5,13-14H2,1-4H3,(H,23,24). The van der Waals surface area contributed by atoms with Gasteiger partial charge in [-0.25, -0.2) is 4.79 Å². The lowest BCUT2D eigenvalue weighted by atomic mass is 10.1. The molecular formula is C22H27NO4. The Kier molecular flexibility index (Phi) is 7.41. The number of benzene rings is 2. The Hall–Kier alpha value is -2.82. The summed E-state index contributed by atoms with van der Waals surface area (Å²) in [5, 5.41) is 2.82. The number of carbonyl (C=O) groups is 2. The quantitative estimate of drug-likeness (QED) is 0.721. The Morgan fingerprint density at radius 1 is 1.00 bits per heavy atom. The van der Waals surface area contributed by atoms with E-state index in [1.165, 1.54) is 5.56 Å². The molecule has 2 aromatic rings. The number of ether oxygens (including phenoxy) is 2. The third-order valence-corrected chi connectivity index (χ3v) is 4.46. The molecule has 0 saturated heterocycles. The van der Waals surface area contributed by atoms with E-state index in [1.807, 2.05) is 57.2 Å². The van der Waals surface area contributed by atoms with Crippen LogP contribution in [0.3, 0.4) is 0 Å². The van der Waals surface area contributed by atoms with Crippen LogP contribution in [-0.4, -0.2) is 25.1 Å². The molecule has 0 saturated carbocycles. The number of esters is 1. The summed E-state index contributed by atoms with van der Waals surface area (Å²) in [4.78, 5) is 23.8. The molecule has 0 radical (unpaired) electrons. The number of hydrogen-bond donors (Lipinski definition) is 1. The zero-order chi connectivity index (χ0) is 19.8. The van der Waals surface area contributed by atoms with E-state index in [0.29, 0.717) is 5.75 Å². The minimum absolute atomic E-state index is 0.158. The summed E-state index contributed by atoms with van der Waals surface area (Å²) in [7, 11) is 0. The average Bonchev–Trinajstić information content (AvgIpc) is 2.67. The predicted molar refractivity (Wildman–Crippen MR) is 105 cm³/mol. The van der Waals surface area contributed by atoms with E-state index in [0.717, 1.165) is 23.1 Å². The number of aryl methyl sites for hydroxylation is 3. The van der Waals surface area contributed by atoms with Gasteiger partial charge in [-0.1, -0.05) is 37.3 Å². The van der Waals surface area contributed by atoms with Crippen molar-refractivity contribution < 1.29 is 19.1 Å². The topological polar surface area (TPSA) is 64.6 Å². The van der Waals surface area contributed by atoms with Crippen LogP contribution in [0.25, 0.3) is 0 Å². The maximum Gasteiger partial charge on any atom is 0.344 e. The third kappa shape index (κ3) is 6.44. The first-order valence-corrected chi connectivity index (χ1v) is 9.13. The number of carbonyl (C=O) groups excluding carboxylic acids is 2. The molecule has 5 nitrogen and oxygen atoms in total. The van der Waals surface area contributed by atoms with E-state index in [-0.39, 0.29) is 25.2 Å². The van der Waals surface area contributed by atoms with E-state index in [2.05, 4.69) is 12.2 Å². The number of rotatable bonds is 8. The molecule has 2 aromatic carbocycles. The first-order chi connectivity index (χ1) is 12.9. The zero-order valence-corrected chi connectivity index (χ0v) is 16.4. The first kappa shape index (κ1) is 20.5. The fourth-order valence-electron chi connectivity index (χ4n) is 2.54. The van der Waals surface area contributed by atoms with E-state index >= 15 is 0 Å². The van der Waals surface area contributed by atoms with Crippen LogP contribution in [0.5, 0.6) is 5.75 Å². The van der Waals surface area contributed by atoms with Crippen molar-refractivity contribution in [2.75, 3.05) is 13.2 Å². The van der Waals surface area contributed by atoms with Crippen LogP contribution in [0.2, 0.25) is 0 Å². The second-order valence-electron chi connectivity index (χ2n) is 6.58. The van der Waals surface area contributed by atoms with Crippen molar-refractivity contribution in [2.24, 2.45) is 0 Å². The highest BCUT2D eigenvalue weighted by Crippen LogP contribution is 2.16. The molecule has 144 valence electrons. The van der Waals surface area contributed by atoms with Gasteiger partial charge in [0.15, 0.2) is 13.2 Å². The van der Waals surface area contributed by atoms with E-state index < -0.39 is 5.97 Å². The fraction of sp³-hybridized carbons (Fsp3) is 0.364. The minimum Gasteiger partial charge on any atom is -0.482 e. The second-order valence-corrected chi connectivity index (χ2v) is 6.58. The molecule has 1 amide bonds. The van der Waals surface area contributed by atoms with Crippen molar-refractivity contribution in [3.63, 3.8) is 0 Å². The molecule has 0 aromatic heterocycles. The summed E-state index contributed by atoms with van der Waals surface area (Å²) in [6.45, 7) is 7.41. The molecule has 0 aliphatic carbocycles. The van der Waals surface area contributed by atoms with Crippen molar-refractivity contribution in [1.29, 1.82) is 0 Å². The Bertz CT molecular complexity index is 783. The van der Waals surface area contributed by atoms with E-state index in [1.54, 1.807) is 6.07 Å². The van der Waals surface area contributed by atoms with Crippen LogP contribution < -0.4 is 10.1 Å². The van der Waals surface area contributed by atoms with Crippen molar-refractivity contribution >= 4 is 11.9 Å². The first-order valence-electron chi connectivity index (χ1n) is 9.13. The number of nitrogens with one attached hydrogen (secondary N) is 1. The maximum atomic E-state index is 12.0. The van der Waals surface area contributed by atoms with Crippen molar-refractivity contribution in [3.05, 3.63) is 64.7 Å². The van der Waals surface area contributed by atoms with Crippen LogP contribution in [0, 0.1) is 13.8 Å². The highest BCUT2D eigenvalue weighted by molar-refractivity contribution is 5.81. The lowest BCUT2D eigenvalue weighted by Gasteiger charge is -2.15. The molecule has 2 rings (SSSR count). The van der Waals surface area contributed by atoms with Crippen molar-refractivity contribution in [3.8, 4) is 5.75 Å². The average molecular weight is 369 g/mol. The Labute approximate surface area is 160 Å². The minimum atomic E-state index is -0.580. The Morgan fingerprint density at radius 2 is 1.70 bits per heavy atom. The lowest BCUT2D eigenvalue weighted by molar-refractivity contribution is -0.150. The lowest BCUT2D eigenvalue weighted by Crippen LogP contribution is -2.31. The summed E-state index contributed by atoms with van der Waals surface area (Å²) in [6.07, 6.45) is 0.973. The normalized spacial score (nSPS) is 11.6. The molecule has 1 N–H and O–H groups in total. The van der Waals surface area contributed by atoms with Gasteiger partial charge in [0.25, 0.3) is 5.91 Å². The van der Waals surface area contributed by atoms with E-state index in [9.17, 15) is 9.59 Å². The van der Waals surface area contributed by atoms with Gasteiger partial charge >= 0.3 is 5.97 Å². The summed E-state index contributed by atoms with van der Waals surface area (Å²) in [6, 6.07) is 13.5. The predicted octanol–water partition coefficient (Wildman–Crippen LogP) is 3.67. The summed E-state index contributed by atoms with van der Waals surface area (Å²) < 4.78 is 10.4. The SMILES string of the molecule is CCc1ccc(C(C)NC(=O)COC(=O)COc2ccc(C)c(C)c2)cc1. The van der Waals surface area contributed by atoms with Gasteiger partial charge in [0, 0.05) is 0 Å². The van der Waals surface area contributed by atoms with Gasteiger partial charge < -0.3 is 14.8 Å². The van der Waals surface area contributed by atoms with Crippen LogP contribution in [0.4, 0.5) is 0 Å². The molecular weight excluding hydrogens is 342 g/mol. The molecule has 0 fully saturated rings. The molecule has 27 heavy (non-hydrogen) atoms. The largest absolute Gasteiger partial charge is 0.482 e. The molecule has 5 heteroatoms. The van der Waals surface area contributed by atoms with Gasteiger partial charge in [0.1, 0.15) is 5.75 Å². The zero-order valence-electron chi connectivity index (χ0n) is 16.4. The summed E-state index contributed by atoms with van der Waals surface area (Å²) in [5.41, 5.74) is 4.49. The van der Waals surface area contributed by atoms with Gasteiger partial charge in [-0.05, 0) is 61.6 Å². The third-order valence-electron chi connectivity index (χ3n) is 4.46. The Morgan fingerprint density at radius 3 is 2.33 bits per heavy atom. The van der Waals surface area contributed by atoms with Crippen LogP contribution in [0.1, 0.15) is 42.1 Å². The van der Waals surface area contributed by atoms with Crippen LogP contribution in [0.15, 0.2) is 42.5 Å². The molecule has 0 aliphatic heterocycles. The fourth-order valence-corrected chi connectivity index (χ4v) is 2.54. The highest BCUT2D eigenvalue weighted by Gasteiger charge is 2.12. The molecule has 1 unspecified atom stereocenters. The molecule has 1 atom stereocenters. The Balaban J connectivity index is 1.73. The molecule has 0 heterocycles. The smallest absolute Gasteiger partial charge is 0.344 e. The van der Waals surface area contributed by atoms with Crippen molar-refractivity contribution in [2.45, 2.75) is 40.2 Å². The van der Waals surface area contributed by atoms with Gasteiger partial charge in [0.2, 0.25) is 0 Å². The van der Waals surface area contributed by atoms with Crippen molar-refractivity contribution in [1.82, 2.24) is 5.32 Å². The second kappa shape index (κ2) is 9.76. The highest BCUT2D eigenvalue weighted by atomic mass is 16.6. The van der Waals surface area contributed by atoms with Gasteiger partial charge in [-0.15, -0.1) is 0 Å². The molecule has 0 aliphatic rings. The number of amides is 1. The van der Waals surface area contributed by atoms with E-state index in [4.69, 9.17) is 9.47 Å². The molecule has 0 bridgehead atoms. The maximum absolute atomic E-state index is 12.0. The summed E-state index contributed by atoms with van der Waals surface area (Å²) in [5.74, 6) is -0.325. The van der Waals surface area contributed by atoms with Crippen LogP contribution >= 0.6 is 0 Å². The summed E-state index contributed by atoms with van der Waals surface area (Å²) >= 11 is 0. The number of hydrogen-bond acceptors (Lipinski definition) is 4. The molecule has 0 spiro atoms. The van der Waals surface area contributed by atoms with Gasteiger partial charge in [0.05, 0.1) is 6.04 Å². The van der Waals surface area contributed by atoms with Crippen LogP contribution in [-0.2, 0) is 20.7 Å². The van der Waals surface area contributed by atoms with Gasteiger partial charge in [-0.2, -0.15) is 0 Å². The van der Waals surface area contributed by atoms with Gasteiger partial charge in [-0.3, -0.25) is 4.79 Å².